The molecule has 1 atom stereocenters. The van der Waals surface area contributed by atoms with Gasteiger partial charge in [0.15, 0.2) is 0 Å². The molecule has 2 aromatic rings. The minimum absolute atomic E-state index is 0.00771. The summed E-state index contributed by atoms with van der Waals surface area (Å²) in [5.41, 5.74) is 1.87. The molecule has 0 radical (unpaired) electrons. The van der Waals surface area contributed by atoms with Gasteiger partial charge in [-0.25, -0.2) is 0 Å². The van der Waals surface area contributed by atoms with Crippen molar-refractivity contribution in [3.8, 4) is 5.75 Å². The molecule has 0 bridgehead atoms. The van der Waals surface area contributed by atoms with Crippen LogP contribution in [0.4, 0.5) is 0 Å². The van der Waals surface area contributed by atoms with Crippen molar-refractivity contribution in [2.45, 2.75) is 50.1 Å². The zero-order valence-corrected chi connectivity index (χ0v) is 18.9. The Morgan fingerprint density at radius 1 is 1.06 bits per heavy atom. The van der Waals surface area contributed by atoms with E-state index in [1.165, 1.54) is 0 Å². The molecule has 0 unspecified atom stereocenters. The maximum atomic E-state index is 13.8. The number of para-hydroxylation sites is 1. The fraction of sp³-hybridized carbons (Fsp3) is 0.462. The van der Waals surface area contributed by atoms with Gasteiger partial charge in [-0.15, -0.1) is 0 Å². The van der Waals surface area contributed by atoms with Crippen LogP contribution in [0.15, 0.2) is 48.5 Å². The highest BCUT2D eigenvalue weighted by atomic mass is 16.5. The van der Waals surface area contributed by atoms with E-state index in [0.717, 1.165) is 49.0 Å². The fourth-order valence-corrected chi connectivity index (χ4v) is 5.48. The number of ether oxygens (including phenoxy) is 2. The maximum absolute atomic E-state index is 13.8. The van der Waals surface area contributed by atoms with Crippen molar-refractivity contribution in [1.82, 2.24) is 10.2 Å². The zero-order valence-electron chi connectivity index (χ0n) is 18.9. The SMILES string of the molecule is COCCN1C(=O)c2ccccc2[C@H](C(=O)NCc2ccccc2OC)C12CCCCC2. The third kappa shape index (κ3) is 3.99. The predicted molar refractivity (Wildman–Crippen MR) is 123 cm³/mol. The number of carbonyl (C=O) groups is 2. The first kappa shape index (κ1) is 22.3. The third-order valence-electron chi connectivity index (χ3n) is 6.97. The van der Waals surface area contributed by atoms with E-state index in [1.807, 2.05) is 53.4 Å². The summed E-state index contributed by atoms with van der Waals surface area (Å²) >= 11 is 0. The molecule has 2 aliphatic rings. The lowest BCUT2D eigenvalue weighted by Gasteiger charge is -2.53. The van der Waals surface area contributed by atoms with E-state index in [9.17, 15) is 9.59 Å². The fourth-order valence-electron chi connectivity index (χ4n) is 5.48. The number of rotatable bonds is 7. The summed E-state index contributed by atoms with van der Waals surface area (Å²) in [5.74, 6) is 0.304. The Kier molecular flexibility index (Phi) is 6.80. The first-order chi connectivity index (χ1) is 15.6. The van der Waals surface area contributed by atoms with Crippen LogP contribution in [0.1, 0.15) is 59.5 Å². The number of nitrogens with zero attached hydrogens (tertiary/aromatic N) is 1. The Morgan fingerprint density at radius 2 is 1.78 bits per heavy atom. The monoisotopic (exact) mass is 436 g/mol. The number of amides is 2. The molecule has 1 aliphatic heterocycles. The highest BCUT2D eigenvalue weighted by Gasteiger charge is 2.54. The van der Waals surface area contributed by atoms with Crippen LogP contribution in [0.2, 0.25) is 0 Å². The second kappa shape index (κ2) is 9.74. The van der Waals surface area contributed by atoms with Crippen LogP contribution in [0.3, 0.4) is 0 Å². The largest absolute Gasteiger partial charge is 0.496 e. The van der Waals surface area contributed by atoms with Gasteiger partial charge < -0.3 is 19.7 Å². The van der Waals surface area contributed by atoms with Crippen molar-refractivity contribution in [1.29, 1.82) is 0 Å². The van der Waals surface area contributed by atoms with E-state index < -0.39 is 11.5 Å². The Balaban J connectivity index is 1.71. The highest BCUT2D eigenvalue weighted by Crippen LogP contribution is 2.49. The predicted octanol–water partition coefficient (Wildman–Crippen LogP) is 3.90. The van der Waals surface area contributed by atoms with Gasteiger partial charge in [-0.05, 0) is 30.5 Å². The summed E-state index contributed by atoms with van der Waals surface area (Å²) < 4.78 is 10.8. The van der Waals surface area contributed by atoms with Gasteiger partial charge in [-0.1, -0.05) is 55.7 Å². The number of hydrogen-bond acceptors (Lipinski definition) is 4. The first-order valence-corrected chi connectivity index (χ1v) is 11.4. The quantitative estimate of drug-likeness (QED) is 0.715. The Bertz CT molecular complexity index is 968. The summed E-state index contributed by atoms with van der Waals surface area (Å²) in [6, 6.07) is 15.3. The van der Waals surface area contributed by atoms with E-state index in [4.69, 9.17) is 9.47 Å². The van der Waals surface area contributed by atoms with Gasteiger partial charge in [0.2, 0.25) is 5.91 Å². The standard InChI is InChI=1S/C26H32N2O4/c1-31-17-16-28-25(30)21-12-6-5-11-20(21)23(26(28)14-8-3-9-15-26)24(29)27-18-19-10-4-7-13-22(19)32-2/h4-7,10-13,23H,3,8-9,14-18H2,1-2H3,(H,27,29)/t23-/m1/s1. The van der Waals surface area contributed by atoms with Gasteiger partial charge in [0, 0.05) is 31.3 Å². The zero-order chi connectivity index (χ0) is 22.6. The molecule has 2 amide bonds. The molecule has 1 heterocycles. The van der Waals surface area contributed by atoms with Crippen molar-refractivity contribution in [2.75, 3.05) is 27.4 Å². The van der Waals surface area contributed by atoms with Gasteiger partial charge in [-0.2, -0.15) is 0 Å². The van der Waals surface area contributed by atoms with Crippen LogP contribution in [-0.2, 0) is 16.1 Å². The number of benzene rings is 2. The van der Waals surface area contributed by atoms with Crippen LogP contribution in [-0.4, -0.2) is 49.6 Å². The molecular formula is C26H32N2O4. The minimum atomic E-state index is -0.521. The Morgan fingerprint density at radius 3 is 2.53 bits per heavy atom. The average molecular weight is 437 g/mol. The molecule has 4 rings (SSSR count). The number of hydrogen-bond donors (Lipinski definition) is 1. The van der Waals surface area contributed by atoms with Gasteiger partial charge in [0.25, 0.3) is 5.91 Å². The van der Waals surface area contributed by atoms with Crippen LogP contribution in [0.25, 0.3) is 0 Å². The molecule has 0 aromatic heterocycles. The molecule has 1 fully saturated rings. The number of nitrogens with one attached hydrogen (secondary N) is 1. The first-order valence-electron chi connectivity index (χ1n) is 11.4. The van der Waals surface area contributed by atoms with Crippen LogP contribution in [0, 0.1) is 0 Å². The maximum Gasteiger partial charge on any atom is 0.254 e. The average Bonchev–Trinajstić information content (AvgIpc) is 2.83. The smallest absolute Gasteiger partial charge is 0.254 e. The Labute approximate surface area is 189 Å². The van der Waals surface area contributed by atoms with E-state index in [0.29, 0.717) is 25.3 Å². The summed E-state index contributed by atoms with van der Waals surface area (Å²) in [7, 11) is 3.28. The lowest BCUT2D eigenvalue weighted by atomic mass is 9.65. The molecule has 1 spiro atoms. The Hall–Kier alpha value is -2.86. The second-order valence-electron chi connectivity index (χ2n) is 8.66. The van der Waals surface area contributed by atoms with Gasteiger partial charge in [0.1, 0.15) is 5.75 Å². The van der Waals surface area contributed by atoms with Crippen molar-refractivity contribution in [3.05, 3.63) is 65.2 Å². The summed E-state index contributed by atoms with van der Waals surface area (Å²) in [4.78, 5) is 29.3. The van der Waals surface area contributed by atoms with E-state index in [2.05, 4.69) is 5.32 Å². The summed E-state index contributed by atoms with van der Waals surface area (Å²) in [6.45, 7) is 1.31. The molecule has 2 aromatic carbocycles. The lowest BCUT2D eigenvalue weighted by molar-refractivity contribution is -0.127. The number of methoxy groups -OCH3 is 2. The van der Waals surface area contributed by atoms with Crippen LogP contribution < -0.4 is 10.1 Å². The highest BCUT2D eigenvalue weighted by molar-refractivity contribution is 6.02. The topological polar surface area (TPSA) is 67.9 Å². The van der Waals surface area contributed by atoms with Gasteiger partial charge in [0.05, 0.1) is 25.2 Å². The molecule has 6 nitrogen and oxygen atoms in total. The number of fused-ring (bicyclic) bond motifs is 1. The van der Waals surface area contributed by atoms with E-state index in [-0.39, 0.29) is 11.8 Å². The van der Waals surface area contributed by atoms with E-state index >= 15 is 0 Å². The lowest BCUT2D eigenvalue weighted by Crippen LogP contribution is -2.63. The molecule has 1 aliphatic carbocycles. The van der Waals surface area contributed by atoms with Crippen molar-refractivity contribution in [3.63, 3.8) is 0 Å². The van der Waals surface area contributed by atoms with Crippen molar-refractivity contribution < 1.29 is 19.1 Å². The van der Waals surface area contributed by atoms with Gasteiger partial charge >= 0.3 is 0 Å². The van der Waals surface area contributed by atoms with Crippen LogP contribution in [0.5, 0.6) is 5.75 Å². The van der Waals surface area contributed by atoms with E-state index in [1.54, 1.807) is 14.2 Å². The van der Waals surface area contributed by atoms with Gasteiger partial charge in [-0.3, -0.25) is 9.59 Å². The minimum Gasteiger partial charge on any atom is -0.496 e. The molecular weight excluding hydrogens is 404 g/mol. The summed E-state index contributed by atoms with van der Waals surface area (Å²) in [6.07, 6.45) is 4.79. The molecule has 32 heavy (non-hydrogen) atoms. The second-order valence-corrected chi connectivity index (χ2v) is 8.66. The normalized spacial score (nSPS) is 19.5. The van der Waals surface area contributed by atoms with Crippen molar-refractivity contribution >= 4 is 11.8 Å². The molecule has 1 N–H and O–H groups in total. The third-order valence-corrected chi connectivity index (χ3v) is 6.97. The summed E-state index contributed by atoms with van der Waals surface area (Å²) in [5, 5.41) is 3.16. The molecule has 170 valence electrons. The van der Waals surface area contributed by atoms with Crippen LogP contribution >= 0.6 is 0 Å². The molecule has 6 heteroatoms. The molecule has 0 saturated heterocycles. The van der Waals surface area contributed by atoms with Crippen molar-refractivity contribution in [2.24, 2.45) is 0 Å². The number of carbonyl (C=O) groups excluding carboxylic acids is 2. The molecule has 1 saturated carbocycles.